The Bertz CT molecular complexity index is 2020. The number of fused-ring (bicyclic) bond motifs is 1. The van der Waals surface area contributed by atoms with Crippen LogP contribution in [0, 0.1) is 6.92 Å². The predicted octanol–water partition coefficient (Wildman–Crippen LogP) is 7.08. The molecule has 0 fully saturated rings. The number of rotatable bonds is 9. The predicted molar refractivity (Wildman–Crippen MR) is 180 cm³/mol. The Kier molecular flexibility index (Phi) is 7.95. The van der Waals surface area contributed by atoms with Crippen molar-refractivity contribution in [2.75, 3.05) is 16.9 Å². The highest BCUT2D eigenvalue weighted by Crippen LogP contribution is 2.35. The first-order valence-electron chi connectivity index (χ1n) is 15.0. The summed E-state index contributed by atoms with van der Waals surface area (Å²) in [6.07, 6.45) is 4.11. The highest BCUT2D eigenvalue weighted by molar-refractivity contribution is 6.36. The Morgan fingerprint density at radius 1 is 0.660 bits per heavy atom. The lowest BCUT2D eigenvalue weighted by Crippen LogP contribution is -2.32. The van der Waals surface area contributed by atoms with Crippen molar-refractivity contribution in [1.82, 2.24) is 0 Å². The van der Waals surface area contributed by atoms with Crippen LogP contribution in [0.3, 0.4) is 0 Å². The molecular formula is C39H32N2O6. The standard InChI is InChI=1S/C39H32N2O6/c1-6-31-33(20-21-47-30-17-13-26(14-18-30)39(3,4)25-11-15-29(46-5)16-12-25)37(44)40(35(31)42)27-8-7-9-28(23-27)41-36(43)32-19-10-24(2)22-34(32)38(41)45/h6-23H,1H2,2-5H3/b21-20+. The Labute approximate surface area is 272 Å². The van der Waals surface area contributed by atoms with Crippen LogP contribution in [-0.2, 0) is 15.0 Å². The quantitative estimate of drug-likeness (QED) is 0.146. The van der Waals surface area contributed by atoms with E-state index in [4.69, 9.17) is 9.47 Å². The average molecular weight is 625 g/mol. The van der Waals surface area contributed by atoms with Crippen LogP contribution in [0.5, 0.6) is 11.5 Å². The Balaban J connectivity index is 1.18. The van der Waals surface area contributed by atoms with Gasteiger partial charge in [-0.3, -0.25) is 19.2 Å². The van der Waals surface area contributed by atoms with Crippen LogP contribution in [0.2, 0.25) is 0 Å². The molecule has 0 saturated carbocycles. The minimum Gasteiger partial charge on any atom is -0.497 e. The minimum atomic E-state index is -0.587. The molecule has 0 unspecified atom stereocenters. The molecule has 2 heterocycles. The van der Waals surface area contributed by atoms with Crippen LogP contribution >= 0.6 is 0 Å². The zero-order chi connectivity index (χ0) is 33.5. The number of hydrogen-bond donors (Lipinski definition) is 0. The maximum Gasteiger partial charge on any atom is 0.266 e. The fourth-order valence-corrected chi connectivity index (χ4v) is 5.82. The van der Waals surface area contributed by atoms with Crippen LogP contribution in [0.15, 0.2) is 127 Å². The van der Waals surface area contributed by atoms with E-state index in [1.165, 1.54) is 24.5 Å². The largest absolute Gasteiger partial charge is 0.497 e. The smallest absolute Gasteiger partial charge is 0.266 e. The summed E-state index contributed by atoms with van der Waals surface area (Å²) in [4.78, 5) is 55.3. The summed E-state index contributed by atoms with van der Waals surface area (Å²) in [5, 5.41) is 0. The van der Waals surface area contributed by atoms with Gasteiger partial charge in [-0.15, -0.1) is 0 Å². The van der Waals surface area contributed by atoms with E-state index in [2.05, 4.69) is 20.4 Å². The summed E-state index contributed by atoms with van der Waals surface area (Å²) < 4.78 is 11.1. The van der Waals surface area contributed by atoms with E-state index in [1.807, 2.05) is 55.5 Å². The first-order chi connectivity index (χ1) is 22.5. The minimum absolute atomic E-state index is 0.101. The molecule has 6 rings (SSSR count). The lowest BCUT2D eigenvalue weighted by atomic mass is 9.78. The fourth-order valence-electron chi connectivity index (χ4n) is 5.82. The van der Waals surface area contributed by atoms with Crippen molar-refractivity contribution in [3.8, 4) is 11.5 Å². The molecule has 4 amide bonds. The van der Waals surface area contributed by atoms with E-state index in [0.29, 0.717) is 16.9 Å². The first-order valence-corrected chi connectivity index (χ1v) is 15.0. The van der Waals surface area contributed by atoms with E-state index >= 15 is 0 Å². The zero-order valence-electron chi connectivity index (χ0n) is 26.4. The number of methoxy groups -OCH3 is 1. The monoisotopic (exact) mass is 624 g/mol. The van der Waals surface area contributed by atoms with Crippen LogP contribution in [0.25, 0.3) is 0 Å². The second kappa shape index (κ2) is 12.1. The fraction of sp³-hybridized carbons (Fsp3) is 0.128. The number of anilines is 2. The topological polar surface area (TPSA) is 93.2 Å². The van der Waals surface area contributed by atoms with Crippen molar-refractivity contribution >= 4 is 35.0 Å². The second-order valence-corrected chi connectivity index (χ2v) is 11.8. The summed E-state index contributed by atoms with van der Waals surface area (Å²) in [6, 6.07) is 26.9. The summed E-state index contributed by atoms with van der Waals surface area (Å²) in [7, 11) is 1.64. The molecule has 0 N–H and O–H groups in total. The van der Waals surface area contributed by atoms with Gasteiger partial charge in [-0.25, -0.2) is 9.80 Å². The number of ether oxygens (including phenoxy) is 2. The molecule has 4 aromatic carbocycles. The number of carbonyl (C=O) groups is 4. The van der Waals surface area contributed by atoms with Gasteiger partial charge in [0.2, 0.25) is 0 Å². The molecule has 8 heteroatoms. The Morgan fingerprint density at radius 2 is 1.21 bits per heavy atom. The molecule has 4 aromatic rings. The summed E-state index contributed by atoms with van der Waals surface area (Å²) in [5.74, 6) is -0.752. The third kappa shape index (κ3) is 5.44. The number of amides is 4. The number of hydrogen-bond acceptors (Lipinski definition) is 6. The maximum atomic E-state index is 13.6. The number of aryl methyl sites for hydroxylation is 1. The summed E-state index contributed by atoms with van der Waals surface area (Å²) in [6.45, 7) is 9.85. The van der Waals surface area contributed by atoms with Gasteiger partial charge in [-0.05, 0) is 78.7 Å². The van der Waals surface area contributed by atoms with Gasteiger partial charge in [-0.1, -0.05) is 68.5 Å². The first kappa shape index (κ1) is 31.0. The molecule has 0 aliphatic carbocycles. The van der Waals surface area contributed by atoms with Crippen molar-refractivity contribution in [1.29, 1.82) is 0 Å². The molecule has 2 aliphatic heterocycles. The molecule has 0 saturated heterocycles. The van der Waals surface area contributed by atoms with Crippen LogP contribution < -0.4 is 19.3 Å². The van der Waals surface area contributed by atoms with Gasteiger partial charge in [0.25, 0.3) is 23.6 Å². The van der Waals surface area contributed by atoms with Crippen LogP contribution in [0.4, 0.5) is 11.4 Å². The molecule has 0 atom stereocenters. The molecule has 0 aromatic heterocycles. The van der Waals surface area contributed by atoms with Crippen molar-refractivity contribution in [3.05, 3.63) is 155 Å². The van der Waals surface area contributed by atoms with E-state index in [1.54, 1.807) is 43.5 Å². The van der Waals surface area contributed by atoms with E-state index in [0.717, 1.165) is 32.2 Å². The second-order valence-electron chi connectivity index (χ2n) is 11.8. The van der Waals surface area contributed by atoms with Crippen molar-refractivity contribution in [3.63, 3.8) is 0 Å². The van der Waals surface area contributed by atoms with Gasteiger partial charge in [0.15, 0.2) is 0 Å². The maximum absolute atomic E-state index is 13.6. The van der Waals surface area contributed by atoms with Gasteiger partial charge in [-0.2, -0.15) is 0 Å². The third-order valence-corrected chi connectivity index (χ3v) is 8.58. The molecule has 0 radical (unpaired) electrons. The molecule has 2 aliphatic rings. The van der Waals surface area contributed by atoms with E-state index in [9.17, 15) is 19.2 Å². The molecular weight excluding hydrogens is 592 g/mol. The van der Waals surface area contributed by atoms with Crippen LogP contribution in [-0.4, -0.2) is 30.7 Å². The number of carbonyl (C=O) groups excluding carboxylic acids is 4. The number of imide groups is 2. The molecule has 0 spiro atoms. The van der Waals surface area contributed by atoms with Gasteiger partial charge in [0.1, 0.15) is 11.5 Å². The Hall–Kier alpha value is -6.02. The van der Waals surface area contributed by atoms with Gasteiger partial charge in [0.05, 0.1) is 47.0 Å². The third-order valence-electron chi connectivity index (χ3n) is 8.58. The van der Waals surface area contributed by atoms with Crippen molar-refractivity contribution in [2.24, 2.45) is 0 Å². The van der Waals surface area contributed by atoms with Crippen molar-refractivity contribution < 1.29 is 28.7 Å². The Morgan fingerprint density at radius 3 is 1.81 bits per heavy atom. The van der Waals surface area contributed by atoms with Gasteiger partial charge < -0.3 is 9.47 Å². The lowest BCUT2D eigenvalue weighted by Gasteiger charge is -2.26. The summed E-state index contributed by atoms with van der Waals surface area (Å²) in [5.41, 5.74) is 4.09. The highest BCUT2D eigenvalue weighted by atomic mass is 16.5. The van der Waals surface area contributed by atoms with Gasteiger partial charge >= 0.3 is 0 Å². The molecule has 0 bridgehead atoms. The lowest BCUT2D eigenvalue weighted by molar-refractivity contribution is -0.120. The zero-order valence-corrected chi connectivity index (χ0v) is 26.4. The SMILES string of the molecule is C=CC1=C(/C=C/Oc2ccc(C(C)(C)c3ccc(OC)cc3)cc2)C(=O)N(c2cccc(N3C(=O)c4ccc(C)cc4C3=O)c2)C1=O. The highest BCUT2D eigenvalue weighted by Gasteiger charge is 2.39. The van der Waals surface area contributed by atoms with Crippen molar-refractivity contribution in [2.45, 2.75) is 26.2 Å². The molecule has 47 heavy (non-hydrogen) atoms. The van der Waals surface area contributed by atoms with Gasteiger partial charge in [0, 0.05) is 5.41 Å². The molecule has 8 nitrogen and oxygen atoms in total. The van der Waals surface area contributed by atoms with Crippen LogP contribution in [0.1, 0.15) is 51.3 Å². The molecule has 234 valence electrons. The van der Waals surface area contributed by atoms with E-state index < -0.39 is 23.6 Å². The number of nitrogens with zero attached hydrogens (tertiary/aromatic N) is 2. The summed E-state index contributed by atoms with van der Waals surface area (Å²) >= 11 is 0. The van der Waals surface area contributed by atoms with E-state index in [-0.39, 0.29) is 27.9 Å². The number of benzene rings is 4. The normalized spacial score (nSPS) is 14.8. The average Bonchev–Trinajstić information content (AvgIpc) is 3.47.